The van der Waals surface area contributed by atoms with Gasteiger partial charge < -0.3 is 15.0 Å². The minimum Gasteiger partial charge on any atom is -0.479 e. The Hall–Kier alpha value is -1.91. The van der Waals surface area contributed by atoms with E-state index >= 15 is 0 Å². The summed E-state index contributed by atoms with van der Waals surface area (Å²) in [6.45, 7) is 3.62. The fraction of sp³-hybridized carbons (Fsp3) is 0.278. The summed E-state index contributed by atoms with van der Waals surface area (Å²) < 4.78 is 5.74. The number of amides is 1. The molecule has 1 amide bonds. The highest BCUT2D eigenvalue weighted by Gasteiger charge is 2.25. The first-order valence-corrected chi connectivity index (χ1v) is 8.52. The van der Waals surface area contributed by atoms with Gasteiger partial charge in [-0.1, -0.05) is 41.4 Å². The number of rotatable bonds is 3. The maximum Gasteiger partial charge on any atom is 0.263 e. The molecule has 6 heteroatoms. The zero-order valence-corrected chi connectivity index (χ0v) is 14.8. The van der Waals surface area contributed by atoms with Gasteiger partial charge in [-0.15, -0.1) is 0 Å². The molecule has 0 fully saturated rings. The summed E-state index contributed by atoms with van der Waals surface area (Å²) in [7, 11) is 0. The van der Waals surface area contributed by atoms with E-state index in [-0.39, 0.29) is 5.91 Å². The molecule has 0 aliphatic carbocycles. The van der Waals surface area contributed by atoms with Crippen molar-refractivity contribution in [2.75, 3.05) is 18.4 Å². The predicted molar refractivity (Wildman–Crippen MR) is 96.9 cm³/mol. The Labute approximate surface area is 151 Å². The maximum atomic E-state index is 12.7. The van der Waals surface area contributed by atoms with Crippen LogP contribution in [0.2, 0.25) is 10.0 Å². The molecule has 2 aromatic carbocycles. The molecule has 4 nitrogen and oxygen atoms in total. The number of para-hydroxylation sites is 1. The number of carbonyl (C=O) groups is 1. The highest BCUT2D eigenvalue weighted by atomic mass is 35.5. The van der Waals surface area contributed by atoms with Crippen molar-refractivity contribution in [2.45, 2.75) is 19.6 Å². The van der Waals surface area contributed by atoms with Gasteiger partial charge in [-0.25, -0.2) is 0 Å². The molecule has 1 heterocycles. The Morgan fingerprint density at radius 3 is 2.83 bits per heavy atom. The van der Waals surface area contributed by atoms with E-state index in [1.807, 2.05) is 24.3 Å². The molecular weight excluding hydrogens is 347 g/mol. The molecule has 24 heavy (non-hydrogen) atoms. The SMILES string of the molecule is C[C@H](Oc1ccc(Cl)cc1Cl)C(=O)N1CCNc2ccccc2C1. The first-order valence-electron chi connectivity index (χ1n) is 7.77. The van der Waals surface area contributed by atoms with Gasteiger partial charge in [0.2, 0.25) is 0 Å². The number of fused-ring (bicyclic) bond motifs is 1. The van der Waals surface area contributed by atoms with Crippen molar-refractivity contribution in [3.05, 3.63) is 58.1 Å². The van der Waals surface area contributed by atoms with Crippen LogP contribution in [0, 0.1) is 0 Å². The maximum absolute atomic E-state index is 12.7. The van der Waals surface area contributed by atoms with Crippen LogP contribution in [0.15, 0.2) is 42.5 Å². The molecule has 0 saturated carbocycles. The Morgan fingerprint density at radius 2 is 2.04 bits per heavy atom. The molecule has 0 spiro atoms. The number of hydrogen-bond acceptors (Lipinski definition) is 3. The average molecular weight is 365 g/mol. The molecule has 126 valence electrons. The second kappa shape index (κ2) is 7.32. The third kappa shape index (κ3) is 3.77. The largest absolute Gasteiger partial charge is 0.479 e. The molecule has 3 rings (SSSR count). The molecule has 1 N–H and O–H groups in total. The number of anilines is 1. The summed E-state index contributed by atoms with van der Waals surface area (Å²) in [5, 5.41) is 4.27. The third-order valence-electron chi connectivity index (χ3n) is 3.93. The van der Waals surface area contributed by atoms with Gasteiger partial charge in [0.1, 0.15) is 5.75 Å². The number of carbonyl (C=O) groups excluding carboxylic acids is 1. The van der Waals surface area contributed by atoms with Crippen LogP contribution >= 0.6 is 23.2 Å². The van der Waals surface area contributed by atoms with Gasteiger partial charge in [0.15, 0.2) is 6.10 Å². The summed E-state index contributed by atoms with van der Waals surface area (Å²) in [5.41, 5.74) is 2.17. The number of ether oxygens (including phenoxy) is 1. The van der Waals surface area contributed by atoms with E-state index in [0.717, 1.165) is 11.3 Å². The van der Waals surface area contributed by atoms with E-state index in [1.165, 1.54) is 0 Å². The Kier molecular flexibility index (Phi) is 5.17. The number of benzene rings is 2. The third-order valence-corrected chi connectivity index (χ3v) is 4.46. The lowest BCUT2D eigenvalue weighted by Crippen LogP contribution is -2.41. The summed E-state index contributed by atoms with van der Waals surface area (Å²) in [4.78, 5) is 14.5. The van der Waals surface area contributed by atoms with Gasteiger partial charge in [0, 0.05) is 30.3 Å². The smallest absolute Gasteiger partial charge is 0.263 e. The number of nitrogens with one attached hydrogen (secondary N) is 1. The minimum absolute atomic E-state index is 0.0699. The van der Waals surface area contributed by atoms with E-state index in [1.54, 1.807) is 30.0 Å². The van der Waals surface area contributed by atoms with Gasteiger partial charge >= 0.3 is 0 Å². The van der Waals surface area contributed by atoms with Gasteiger partial charge in [-0.2, -0.15) is 0 Å². The highest BCUT2D eigenvalue weighted by molar-refractivity contribution is 6.35. The van der Waals surface area contributed by atoms with Crippen molar-refractivity contribution in [3.63, 3.8) is 0 Å². The van der Waals surface area contributed by atoms with Crippen molar-refractivity contribution in [1.82, 2.24) is 4.90 Å². The van der Waals surface area contributed by atoms with Crippen LogP contribution in [0.3, 0.4) is 0 Å². The van der Waals surface area contributed by atoms with Crippen LogP contribution in [0.5, 0.6) is 5.75 Å². The topological polar surface area (TPSA) is 41.6 Å². The zero-order valence-electron chi connectivity index (χ0n) is 13.3. The molecule has 0 aromatic heterocycles. The van der Waals surface area contributed by atoms with Crippen molar-refractivity contribution >= 4 is 34.8 Å². The molecule has 1 aliphatic rings. The van der Waals surface area contributed by atoms with Crippen molar-refractivity contribution in [1.29, 1.82) is 0 Å². The number of nitrogens with zero attached hydrogens (tertiary/aromatic N) is 1. The summed E-state index contributed by atoms with van der Waals surface area (Å²) in [6.07, 6.45) is -0.631. The average Bonchev–Trinajstić information content (AvgIpc) is 2.79. The van der Waals surface area contributed by atoms with Crippen LogP contribution in [-0.4, -0.2) is 30.0 Å². The van der Waals surface area contributed by atoms with Gasteiger partial charge in [0.05, 0.1) is 5.02 Å². The van der Waals surface area contributed by atoms with Crippen LogP contribution in [0.1, 0.15) is 12.5 Å². The van der Waals surface area contributed by atoms with Crippen molar-refractivity contribution < 1.29 is 9.53 Å². The summed E-state index contributed by atoms with van der Waals surface area (Å²) in [5.74, 6) is 0.384. The first kappa shape index (κ1) is 16.9. The fourth-order valence-electron chi connectivity index (χ4n) is 2.70. The van der Waals surface area contributed by atoms with E-state index in [0.29, 0.717) is 35.4 Å². The minimum atomic E-state index is -0.631. The van der Waals surface area contributed by atoms with Crippen LogP contribution in [-0.2, 0) is 11.3 Å². The Balaban J connectivity index is 1.71. The van der Waals surface area contributed by atoms with Gasteiger partial charge in [-0.05, 0) is 36.8 Å². The van der Waals surface area contributed by atoms with E-state index in [4.69, 9.17) is 27.9 Å². The van der Waals surface area contributed by atoms with E-state index < -0.39 is 6.10 Å². The Morgan fingerprint density at radius 1 is 1.25 bits per heavy atom. The first-order chi connectivity index (χ1) is 11.5. The lowest BCUT2D eigenvalue weighted by molar-refractivity contribution is -0.138. The quantitative estimate of drug-likeness (QED) is 0.886. The molecule has 0 bridgehead atoms. The Bertz CT molecular complexity index is 752. The standard InChI is InChI=1S/C18H18Cl2N2O2/c1-12(24-17-7-6-14(19)10-15(17)20)18(23)22-9-8-21-16-5-3-2-4-13(16)11-22/h2-7,10,12,21H,8-9,11H2,1H3/t12-/m0/s1. The molecule has 0 unspecified atom stereocenters. The van der Waals surface area contributed by atoms with E-state index in [2.05, 4.69) is 5.32 Å². The fourth-order valence-corrected chi connectivity index (χ4v) is 3.15. The van der Waals surface area contributed by atoms with Crippen molar-refractivity contribution in [2.24, 2.45) is 0 Å². The highest BCUT2D eigenvalue weighted by Crippen LogP contribution is 2.29. The lowest BCUT2D eigenvalue weighted by Gasteiger charge is -2.25. The summed E-state index contributed by atoms with van der Waals surface area (Å²) >= 11 is 12.0. The summed E-state index contributed by atoms with van der Waals surface area (Å²) in [6, 6.07) is 13.0. The van der Waals surface area contributed by atoms with Gasteiger partial charge in [0.25, 0.3) is 5.91 Å². The molecule has 0 saturated heterocycles. The molecule has 2 aromatic rings. The predicted octanol–water partition coefficient (Wildman–Crippen LogP) is 4.22. The monoisotopic (exact) mass is 364 g/mol. The number of hydrogen-bond donors (Lipinski definition) is 1. The van der Waals surface area contributed by atoms with E-state index in [9.17, 15) is 4.79 Å². The number of halogens is 2. The zero-order chi connectivity index (χ0) is 17.1. The molecular formula is C18H18Cl2N2O2. The normalized spacial score (nSPS) is 15.0. The molecule has 1 aliphatic heterocycles. The van der Waals surface area contributed by atoms with Gasteiger partial charge in [-0.3, -0.25) is 4.79 Å². The van der Waals surface area contributed by atoms with Crippen LogP contribution in [0.4, 0.5) is 5.69 Å². The van der Waals surface area contributed by atoms with Crippen LogP contribution < -0.4 is 10.1 Å². The second-order valence-corrected chi connectivity index (χ2v) is 6.52. The second-order valence-electron chi connectivity index (χ2n) is 5.68. The van der Waals surface area contributed by atoms with Crippen LogP contribution in [0.25, 0.3) is 0 Å². The van der Waals surface area contributed by atoms with Crippen molar-refractivity contribution in [3.8, 4) is 5.75 Å². The molecule has 0 radical (unpaired) electrons. The molecule has 1 atom stereocenters. The lowest BCUT2D eigenvalue weighted by atomic mass is 10.1.